The zero-order chi connectivity index (χ0) is 18.6. The fourth-order valence-electron chi connectivity index (χ4n) is 2.07. The molecule has 0 heterocycles. The summed E-state index contributed by atoms with van der Waals surface area (Å²) in [4.78, 5) is 11.6. The second-order valence-electron chi connectivity index (χ2n) is 5.52. The Morgan fingerprint density at radius 3 is 2.48 bits per heavy atom. The number of carbonyl (C=O) groups is 1. The van der Waals surface area contributed by atoms with Crippen LogP contribution in [0.2, 0.25) is 0 Å². The molecule has 0 saturated heterocycles. The van der Waals surface area contributed by atoms with Gasteiger partial charge >= 0.3 is 0 Å². The van der Waals surface area contributed by atoms with E-state index in [4.69, 9.17) is 4.74 Å². The molecule has 0 spiro atoms. The van der Waals surface area contributed by atoms with Crippen molar-refractivity contribution in [2.45, 2.75) is 24.8 Å². The molecule has 0 bridgehead atoms. The Morgan fingerprint density at radius 2 is 1.84 bits per heavy atom. The van der Waals surface area contributed by atoms with Crippen LogP contribution in [0.15, 0.2) is 47.4 Å². The van der Waals surface area contributed by atoms with Crippen molar-refractivity contribution in [2.75, 3.05) is 6.54 Å². The second-order valence-corrected chi connectivity index (χ2v) is 7.26. The maximum Gasteiger partial charge on any atom is 0.243 e. The van der Waals surface area contributed by atoms with E-state index in [1.807, 2.05) is 4.72 Å². The summed E-state index contributed by atoms with van der Waals surface area (Å²) in [6.45, 7) is 2.85. The van der Waals surface area contributed by atoms with Gasteiger partial charge in [-0.05, 0) is 38.1 Å². The molecule has 5 nitrogen and oxygen atoms in total. The van der Waals surface area contributed by atoms with Crippen molar-refractivity contribution in [1.29, 1.82) is 0 Å². The normalized spacial score (nSPS) is 11.6. The van der Waals surface area contributed by atoms with Crippen molar-refractivity contribution < 1.29 is 26.7 Å². The molecule has 8 heteroatoms. The molecule has 0 amide bonds. The molecule has 0 radical (unpaired) electrons. The molecule has 134 valence electrons. The van der Waals surface area contributed by atoms with Crippen molar-refractivity contribution in [3.8, 4) is 5.75 Å². The highest BCUT2D eigenvalue weighted by Gasteiger charge is 2.20. The first kappa shape index (κ1) is 19.0. The highest BCUT2D eigenvalue weighted by atomic mass is 32.2. The van der Waals surface area contributed by atoms with Gasteiger partial charge in [0.15, 0.2) is 5.78 Å². The Balaban J connectivity index is 2.15. The van der Waals surface area contributed by atoms with Crippen LogP contribution in [0.3, 0.4) is 0 Å². The third-order valence-corrected chi connectivity index (χ3v) is 4.55. The molecule has 0 unspecified atom stereocenters. The lowest BCUT2D eigenvalue weighted by Gasteiger charge is -2.11. The van der Waals surface area contributed by atoms with E-state index in [0.29, 0.717) is 0 Å². The van der Waals surface area contributed by atoms with Crippen molar-refractivity contribution in [3.05, 3.63) is 59.7 Å². The number of halogens is 2. The fourth-order valence-corrected chi connectivity index (χ4v) is 3.13. The molecule has 0 aliphatic heterocycles. The third kappa shape index (κ3) is 5.07. The van der Waals surface area contributed by atoms with E-state index in [2.05, 4.69) is 0 Å². The second kappa shape index (κ2) is 7.71. The Bertz CT molecular complexity index is 882. The maximum absolute atomic E-state index is 13.6. The summed E-state index contributed by atoms with van der Waals surface area (Å²) in [6, 6.07) is 8.22. The summed E-state index contributed by atoms with van der Waals surface area (Å²) >= 11 is 0. The van der Waals surface area contributed by atoms with E-state index in [1.165, 1.54) is 18.2 Å². The lowest BCUT2D eigenvalue weighted by Crippen LogP contribution is -2.30. The molecule has 2 rings (SSSR count). The van der Waals surface area contributed by atoms with Crippen LogP contribution in [-0.4, -0.2) is 26.8 Å². The summed E-state index contributed by atoms with van der Waals surface area (Å²) in [7, 11) is -4.20. The fraction of sp³-hybridized carbons (Fsp3) is 0.235. The lowest BCUT2D eigenvalue weighted by molar-refractivity contribution is 0.0995. The topological polar surface area (TPSA) is 72.5 Å². The average molecular weight is 369 g/mol. The van der Waals surface area contributed by atoms with Gasteiger partial charge in [-0.1, -0.05) is 12.1 Å². The molecule has 0 saturated carbocycles. The smallest absolute Gasteiger partial charge is 0.243 e. The monoisotopic (exact) mass is 369 g/mol. The Morgan fingerprint density at radius 1 is 1.16 bits per heavy atom. The summed E-state index contributed by atoms with van der Waals surface area (Å²) in [5.74, 6) is -2.12. The zero-order valence-electron chi connectivity index (χ0n) is 13.6. The average Bonchev–Trinajstić information content (AvgIpc) is 2.51. The predicted molar refractivity (Wildman–Crippen MR) is 88.1 cm³/mol. The van der Waals surface area contributed by atoms with Gasteiger partial charge in [0, 0.05) is 11.6 Å². The minimum absolute atomic E-state index is 0.0492. The molecule has 0 aliphatic carbocycles. The Hall–Kier alpha value is -2.32. The number of ketones is 1. The molecular weight excluding hydrogens is 352 g/mol. The van der Waals surface area contributed by atoms with Gasteiger partial charge in [-0.2, -0.15) is 0 Å². The van der Waals surface area contributed by atoms with Crippen LogP contribution >= 0.6 is 0 Å². The molecule has 25 heavy (non-hydrogen) atoms. The molecule has 0 aliphatic rings. The highest BCUT2D eigenvalue weighted by molar-refractivity contribution is 7.89. The number of ether oxygens (including phenoxy) is 1. The van der Waals surface area contributed by atoms with Gasteiger partial charge in [0.1, 0.15) is 22.3 Å². The quantitative estimate of drug-likeness (QED) is 0.762. The molecular formula is C17H17F2NO4S. The largest absolute Gasteiger partial charge is 0.491 e. The van der Waals surface area contributed by atoms with Crippen LogP contribution < -0.4 is 9.46 Å². The number of carbonyl (C=O) groups excluding carboxylic acids is 1. The minimum atomic E-state index is -4.20. The van der Waals surface area contributed by atoms with Crippen LogP contribution in [0.4, 0.5) is 8.78 Å². The van der Waals surface area contributed by atoms with Gasteiger partial charge in [-0.15, -0.1) is 0 Å². The zero-order valence-corrected chi connectivity index (χ0v) is 14.4. The van der Waals surface area contributed by atoms with E-state index in [9.17, 15) is 22.0 Å². The third-order valence-electron chi connectivity index (χ3n) is 3.11. The summed E-state index contributed by atoms with van der Waals surface area (Å²) in [5.41, 5.74) is -0.0492. The molecule has 0 atom stereocenters. The van der Waals surface area contributed by atoms with Crippen LogP contribution in [-0.2, 0) is 10.0 Å². The molecule has 2 aromatic carbocycles. The van der Waals surface area contributed by atoms with E-state index < -0.39 is 38.9 Å². The molecule has 0 fully saturated rings. The molecule has 0 aromatic heterocycles. The number of hydrogen-bond donors (Lipinski definition) is 1. The van der Waals surface area contributed by atoms with Crippen molar-refractivity contribution in [3.63, 3.8) is 0 Å². The van der Waals surface area contributed by atoms with Crippen LogP contribution in [0.1, 0.15) is 24.2 Å². The summed E-state index contributed by atoms with van der Waals surface area (Å²) in [6.07, 6.45) is -0.218. The Kier molecular flexibility index (Phi) is 5.86. The first-order valence-electron chi connectivity index (χ1n) is 7.43. The van der Waals surface area contributed by atoms with Crippen LogP contribution in [0.25, 0.3) is 0 Å². The van der Waals surface area contributed by atoms with E-state index in [0.717, 1.165) is 24.3 Å². The van der Waals surface area contributed by atoms with E-state index in [-0.39, 0.29) is 17.4 Å². The van der Waals surface area contributed by atoms with E-state index >= 15 is 0 Å². The first-order valence-corrected chi connectivity index (χ1v) is 8.92. The summed E-state index contributed by atoms with van der Waals surface area (Å²) < 4.78 is 58.7. The molecule has 1 N–H and O–H groups in total. The predicted octanol–water partition coefficient (Wildman–Crippen LogP) is 2.91. The van der Waals surface area contributed by atoms with Gasteiger partial charge in [0.05, 0.1) is 12.6 Å². The summed E-state index contributed by atoms with van der Waals surface area (Å²) in [5, 5.41) is 0. The highest BCUT2D eigenvalue weighted by Crippen LogP contribution is 2.19. The van der Waals surface area contributed by atoms with Gasteiger partial charge in [-0.25, -0.2) is 21.9 Å². The van der Waals surface area contributed by atoms with Gasteiger partial charge in [-0.3, -0.25) is 4.79 Å². The van der Waals surface area contributed by atoms with Crippen LogP contribution in [0, 0.1) is 11.6 Å². The standard InChI is InChI=1S/C17H17F2NO4S/c1-11(2)24-14-8-12(7-13(18)9-14)16(21)10-20-25(22,23)17-6-4-3-5-15(17)19/h3-9,11,20H,10H2,1-2H3. The number of rotatable bonds is 7. The maximum atomic E-state index is 13.6. The first-order chi connectivity index (χ1) is 11.7. The van der Waals surface area contributed by atoms with Gasteiger partial charge in [0.2, 0.25) is 10.0 Å². The van der Waals surface area contributed by atoms with Gasteiger partial charge < -0.3 is 4.74 Å². The van der Waals surface area contributed by atoms with Crippen molar-refractivity contribution in [2.24, 2.45) is 0 Å². The minimum Gasteiger partial charge on any atom is -0.491 e. The number of sulfonamides is 1. The van der Waals surface area contributed by atoms with Crippen molar-refractivity contribution in [1.82, 2.24) is 4.72 Å². The SMILES string of the molecule is CC(C)Oc1cc(F)cc(C(=O)CNS(=O)(=O)c2ccccc2F)c1. The van der Waals surface area contributed by atoms with E-state index in [1.54, 1.807) is 13.8 Å². The lowest BCUT2D eigenvalue weighted by atomic mass is 10.1. The number of benzene rings is 2. The number of nitrogens with one attached hydrogen (secondary N) is 1. The Labute approximate surface area is 144 Å². The number of hydrogen-bond acceptors (Lipinski definition) is 4. The van der Waals surface area contributed by atoms with Crippen LogP contribution in [0.5, 0.6) is 5.75 Å². The van der Waals surface area contributed by atoms with Crippen molar-refractivity contribution >= 4 is 15.8 Å². The van der Waals surface area contributed by atoms with Gasteiger partial charge in [0.25, 0.3) is 0 Å². The number of Topliss-reactive ketones (excluding diaryl/α,β-unsaturated/α-hetero) is 1. The molecule has 2 aromatic rings.